The lowest BCUT2D eigenvalue weighted by molar-refractivity contribution is -0.333. The van der Waals surface area contributed by atoms with E-state index in [1.54, 1.807) is 19.0 Å². The van der Waals surface area contributed by atoms with Gasteiger partial charge in [0.25, 0.3) is 0 Å². The SMILES string of the molecule is CC(C)C[C@H](C(=O)N[C@H]1C(=O)N[C@@H](CC(N)=O)C(=O)N[C@H]2C(=O)N[C@H]3C(=O)N[C@H](C(=O)N[C@H](C(=O)O)c4cc(O)cc(O)c4-c4cc3ccc4O)[C@H](O)c3ccc(c(Cl)c3)Oc3cc2cc(c3O[C@@H]2O[C@H](CO)[C@@H](O)[C@H](O)[C@H]2O[C@H]2C[C@](C)(N)[C@H](O)[C@H](C)O2)Oc2ccc(cc2Cl)[C@H]1O)N(C)C. The minimum atomic E-state index is -2.35. The molecule has 7 amide bonds. The number of phenols is 3. The monoisotopic (exact) mass is 1460 g/mol. The van der Waals surface area contributed by atoms with Gasteiger partial charge in [0.1, 0.15) is 89.5 Å². The highest BCUT2D eigenvalue weighted by Crippen LogP contribution is 2.50. The first-order valence-corrected chi connectivity index (χ1v) is 32.7. The van der Waals surface area contributed by atoms with Crippen molar-refractivity contribution in [2.75, 3.05) is 20.7 Å². The maximum absolute atomic E-state index is 16.0. The summed E-state index contributed by atoms with van der Waals surface area (Å²) >= 11 is 14.1. The number of hydrogen-bond donors (Lipinski definition) is 18. The van der Waals surface area contributed by atoms with Crippen molar-refractivity contribution in [3.8, 4) is 57.1 Å². The Balaban J connectivity index is 1.24. The average molecular weight is 1460 g/mol. The topological polar surface area (TPSA) is 522 Å². The Kier molecular flexibility index (Phi) is 22.5. The molecule has 0 unspecified atom stereocenters. The van der Waals surface area contributed by atoms with Crippen molar-refractivity contribution in [1.82, 2.24) is 36.8 Å². The maximum Gasteiger partial charge on any atom is 0.330 e. The number of nitrogens with zero attached hydrogens (tertiary/aromatic N) is 1. The third kappa shape index (κ3) is 15.9. The summed E-state index contributed by atoms with van der Waals surface area (Å²) in [5.74, 6) is -15.9. The molecule has 0 saturated carbocycles. The number of aliphatic hydroxyl groups is 6. The first kappa shape index (κ1) is 75.5. The Bertz CT molecular complexity index is 4110. The summed E-state index contributed by atoms with van der Waals surface area (Å²) in [4.78, 5) is 119. The molecule has 11 bridgehead atoms. The molecule has 20 N–H and O–H groups in total. The molecule has 7 aliphatic rings. The molecule has 5 aromatic carbocycles. The van der Waals surface area contributed by atoms with Crippen LogP contribution in [0.15, 0.2) is 78.9 Å². The minimum Gasteiger partial charge on any atom is -0.508 e. The predicted octanol–water partition coefficient (Wildman–Crippen LogP) is 0.448. The van der Waals surface area contributed by atoms with E-state index < -0.39 is 237 Å². The van der Waals surface area contributed by atoms with Crippen LogP contribution in [0.1, 0.15) is 105 Å². The molecule has 0 aromatic heterocycles. The van der Waals surface area contributed by atoms with Gasteiger partial charge < -0.3 is 123 Å². The molecule has 12 rings (SSSR count). The quantitative estimate of drug-likeness (QED) is 0.0761. The minimum absolute atomic E-state index is 0.0929. The molecular weight excluding hydrogens is 1390 g/mol. The molecule has 2 saturated heterocycles. The number of primary amides is 1. The number of carbonyl (C=O) groups excluding carboxylic acids is 7. The Labute approximate surface area is 590 Å². The molecule has 7 heterocycles. The van der Waals surface area contributed by atoms with Crippen LogP contribution in [-0.2, 0) is 52.6 Å². The second-order valence-corrected chi connectivity index (χ2v) is 27.2. The van der Waals surface area contributed by atoms with E-state index in [4.69, 9.17) is 63.1 Å². The number of carboxylic acid groups (broad SMARTS) is 1. The van der Waals surface area contributed by atoms with E-state index in [1.807, 2.05) is 13.8 Å². The van der Waals surface area contributed by atoms with Crippen LogP contribution in [0.4, 0.5) is 0 Å². The molecule has 5 aromatic rings. The molecule has 0 radical (unpaired) electrons. The molecule has 7 aliphatic heterocycles. The Morgan fingerprint density at radius 2 is 1.31 bits per heavy atom. The zero-order valence-corrected chi connectivity index (χ0v) is 56.8. The normalized spacial score (nSPS) is 29.3. The van der Waals surface area contributed by atoms with Crippen molar-refractivity contribution >= 4 is 70.5 Å². The van der Waals surface area contributed by atoms with Crippen LogP contribution < -0.4 is 57.6 Å². The number of aliphatic hydroxyl groups excluding tert-OH is 6. The lowest BCUT2D eigenvalue weighted by Crippen LogP contribution is -2.64. The zero-order valence-electron chi connectivity index (χ0n) is 55.3. The lowest BCUT2D eigenvalue weighted by atomic mass is 9.86. The number of phenolic OH excluding ortho intramolecular Hbond substituents is 3. The Morgan fingerprint density at radius 3 is 1.89 bits per heavy atom. The van der Waals surface area contributed by atoms with E-state index in [-0.39, 0.29) is 46.2 Å². The number of hydrogen-bond acceptors (Lipinski definition) is 25. The standard InChI is InChI=1S/C67H77Cl2N9O24/c1-24(2)13-36(78(5)6)60(90)76-50-52(84)27-8-11-39(33(68)15-27)98-41-17-29-18-42(56(41)102-66-57(55(87)54(86)43(23-79)100-66)101-45-22-67(4,71)58(88)25(3)97-45)99-40-12-9-28(16-34(40)69)53(85)51-64(94)75-49(65(95)96)32-19-30(80)20-38(82)46(32)31-14-26(7-10-37(31)81)47(61(91)77-51)74-62(92)48(29)73-59(89)35(21-44(70)83)72-63(50)93/h7-12,14-20,24-25,35-36,43,45,47-55,57-58,66,79-82,84-88H,13,21-23,71H2,1-6H3,(H2,70,83)(H,72,93)(H,73,89)(H,74,92)(H,75,94)(H,76,90)(H,77,91)(H,95,96)/t25-,35-,36+,43+,45-,47+,48+,49-,50+,51-,52+,53+,54+,55-,57+,58+,66-,67-/m0/s1. The van der Waals surface area contributed by atoms with Gasteiger partial charge in [0.05, 0.1) is 41.3 Å². The van der Waals surface area contributed by atoms with Crippen LogP contribution in [-0.4, -0.2) is 203 Å². The van der Waals surface area contributed by atoms with Crippen LogP contribution in [0.5, 0.6) is 46.0 Å². The highest BCUT2D eigenvalue weighted by Gasteiger charge is 2.52. The van der Waals surface area contributed by atoms with E-state index in [2.05, 4.69) is 31.9 Å². The van der Waals surface area contributed by atoms with Gasteiger partial charge in [-0.3, -0.25) is 38.5 Å². The highest BCUT2D eigenvalue weighted by atomic mass is 35.5. The predicted molar refractivity (Wildman–Crippen MR) is 354 cm³/mol. The van der Waals surface area contributed by atoms with Gasteiger partial charge in [-0.1, -0.05) is 55.2 Å². The molecule has 548 valence electrons. The van der Waals surface area contributed by atoms with Crippen molar-refractivity contribution in [3.05, 3.63) is 117 Å². The number of aliphatic carboxylic acids is 1. The molecule has 0 aliphatic carbocycles. The summed E-state index contributed by atoms with van der Waals surface area (Å²) in [6, 6.07) is -0.588. The number of amides is 7. The van der Waals surface area contributed by atoms with Crippen molar-refractivity contribution in [3.63, 3.8) is 0 Å². The largest absolute Gasteiger partial charge is 0.508 e. The smallest absolute Gasteiger partial charge is 0.330 e. The van der Waals surface area contributed by atoms with Crippen molar-refractivity contribution in [1.29, 1.82) is 0 Å². The number of rotatable bonds is 13. The number of benzene rings is 5. The van der Waals surface area contributed by atoms with Crippen LogP contribution in [0.25, 0.3) is 11.1 Å². The van der Waals surface area contributed by atoms with Gasteiger partial charge in [-0.2, -0.15) is 0 Å². The Morgan fingerprint density at radius 1 is 0.716 bits per heavy atom. The second-order valence-electron chi connectivity index (χ2n) is 26.4. The van der Waals surface area contributed by atoms with Crippen LogP contribution in [0.2, 0.25) is 10.0 Å². The van der Waals surface area contributed by atoms with Gasteiger partial charge in [-0.05, 0) is 117 Å². The van der Waals surface area contributed by atoms with Crippen molar-refractivity contribution in [2.24, 2.45) is 17.4 Å². The van der Waals surface area contributed by atoms with Gasteiger partial charge in [-0.15, -0.1) is 0 Å². The van der Waals surface area contributed by atoms with Crippen molar-refractivity contribution < 1.29 is 118 Å². The van der Waals surface area contributed by atoms with Gasteiger partial charge in [-0.25, -0.2) is 4.79 Å². The molecule has 35 heteroatoms. The van der Waals surface area contributed by atoms with Gasteiger partial charge in [0, 0.05) is 34.7 Å². The van der Waals surface area contributed by atoms with Gasteiger partial charge in [0.15, 0.2) is 29.9 Å². The third-order valence-electron chi connectivity index (χ3n) is 18.0. The number of halogens is 2. The number of nitrogens with one attached hydrogen (secondary N) is 6. The lowest BCUT2D eigenvalue weighted by Gasteiger charge is -2.47. The number of carboxylic acids is 1. The molecule has 102 heavy (non-hydrogen) atoms. The molecule has 2 fully saturated rings. The van der Waals surface area contributed by atoms with E-state index >= 15 is 14.4 Å². The van der Waals surface area contributed by atoms with E-state index in [0.717, 1.165) is 66.7 Å². The van der Waals surface area contributed by atoms with Crippen LogP contribution in [0, 0.1) is 5.92 Å². The molecule has 18 atom stereocenters. The fourth-order valence-corrected chi connectivity index (χ4v) is 13.1. The number of ether oxygens (including phenoxy) is 6. The fourth-order valence-electron chi connectivity index (χ4n) is 12.7. The van der Waals surface area contributed by atoms with E-state index in [1.165, 1.54) is 26.0 Å². The summed E-state index contributed by atoms with van der Waals surface area (Å²) in [7, 11) is 3.19. The number of fused-ring (bicyclic) bond motifs is 15. The zero-order chi connectivity index (χ0) is 74.4. The van der Waals surface area contributed by atoms with E-state index in [9.17, 15) is 75.0 Å². The molecule has 0 spiro atoms. The summed E-state index contributed by atoms with van der Waals surface area (Å²) in [6.45, 7) is 5.70. The highest BCUT2D eigenvalue weighted by molar-refractivity contribution is 6.32. The number of carbonyl (C=O) groups is 8. The molecule has 33 nitrogen and oxygen atoms in total. The molecular formula is C67H77Cl2N9O24. The number of aromatic hydroxyl groups is 3. The summed E-state index contributed by atoms with van der Waals surface area (Å²) < 4.78 is 38.3. The average Bonchev–Trinajstić information content (AvgIpc) is 0.770. The first-order valence-electron chi connectivity index (χ1n) is 32.0. The summed E-state index contributed by atoms with van der Waals surface area (Å²) in [6.07, 6.45) is -18.5. The second kappa shape index (κ2) is 30.4. The van der Waals surface area contributed by atoms with Crippen LogP contribution >= 0.6 is 23.2 Å². The number of likely N-dealkylation sites (N-methyl/N-ethyl adjacent to an activating group) is 1. The fraction of sp³-hybridized carbons (Fsp3) is 0.433. The van der Waals surface area contributed by atoms with Crippen LogP contribution in [0.3, 0.4) is 0 Å². The number of nitrogens with two attached hydrogens (primary N) is 2. The van der Waals surface area contributed by atoms with Gasteiger partial charge >= 0.3 is 5.97 Å². The maximum atomic E-state index is 16.0. The van der Waals surface area contributed by atoms with Gasteiger partial charge in [0.2, 0.25) is 53.4 Å². The first-order chi connectivity index (χ1) is 48.0. The Hall–Kier alpha value is -9.20. The van der Waals surface area contributed by atoms with Crippen molar-refractivity contribution in [2.45, 2.75) is 156 Å². The van der Waals surface area contributed by atoms with E-state index in [0.29, 0.717) is 0 Å². The third-order valence-corrected chi connectivity index (χ3v) is 18.6. The summed E-state index contributed by atoms with van der Waals surface area (Å²) in [5.41, 5.74) is 8.04. The summed E-state index contributed by atoms with van der Waals surface area (Å²) in [5, 5.41) is 128.